The number of hydrogen-bond acceptors (Lipinski definition) is 3. The summed E-state index contributed by atoms with van der Waals surface area (Å²) in [6, 6.07) is 3.61. The SMILES string of the molecule is CCC(C)C(Cn1nc(C)ccc1=O)NC. The summed E-state index contributed by atoms with van der Waals surface area (Å²) in [6.07, 6.45) is 1.09. The molecule has 0 bridgehead atoms. The van der Waals surface area contributed by atoms with E-state index in [-0.39, 0.29) is 11.6 Å². The van der Waals surface area contributed by atoms with Crippen LogP contribution >= 0.6 is 0 Å². The Morgan fingerprint density at radius 2 is 2.19 bits per heavy atom. The maximum atomic E-state index is 11.6. The monoisotopic (exact) mass is 223 g/mol. The van der Waals surface area contributed by atoms with Crippen molar-refractivity contribution in [1.82, 2.24) is 15.1 Å². The first-order chi connectivity index (χ1) is 7.58. The van der Waals surface area contributed by atoms with Crippen LogP contribution in [-0.4, -0.2) is 22.9 Å². The van der Waals surface area contributed by atoms with Gasteiger partial charge < -0.3 is 5.32 Å². The van der Waals surface area contributed by atoms with Gasteiger partial charge >= 0.3 is 0 Å². The van der Waals surface area contributed by atoms with E-state index >= 15 is 0 Å². The van der Waals surface area contributed by atoms with E-state index in [1.165, 1.54) is 0 Å². The Balaban J connectivity index is 2.85. The molecule has 4 nitrogen and oxygen atoms in total. The van der Waals surface area contributed by atoms with Crippen LogP contribution in [0.15, 0.2) is 16.9 Å². The zero-order valence-electron chi connectivity index (χ0n) is 10.5. The molecule has 2 unspecified atom stereocenters. The highest BCUT2D eigenvalue weighted by Gasteiger charge is 2.15. The molecule has 0 amide bonds. The zero-order valence-corrected chi connectivity index (χ0v) is 10.5. The molecule has 0 aromatic carbocycles. The maximum absolute atomic E-state index is 11.6. The van der Waals surface area contributed by atoms with Gasteiger partial charge in [0.2, 0.25) is 0 Å². The van der Waals surface area contributed by atoms with Crippen LogP contribution in [0.5, 0.6) is 0 Å². The highest BCUT2D eigenvalue weighted by Crippen LogP contribution is 2.08. The normalized spacial score (nSPS) is 14.8. The van der Waals surface area contributed by atoms with E-state index in [0.29, 0.717) is 12.5 Å². The van der Waals surface area contributed by atoms with Gasteiger partial charge in [-0.05, 0) is 26.0 Å². The average molecular weight is 223 g/mol. The largest absolute Gasteiger partial charge is 0.315 e. The lowest BCUT2D eigenvalue weighted by atomic mass is 9.99. The van der Waals surface area contributed by atoms with Crippen LogP contribution < -0.4 is 10.9 Å². The number of hydrogen-bond donors (Lipinski definition) is 1. The van der Waals surface area contributed by atoms with Crippen molar-refractivity contribution < 1.29 is 0 Å². The summed E-state index contributed by atoms with van der Waals surface area (Å²) in [7, 11) is 1.93. The Morgan fingerprint density at radius 1 is 1.50 bits per heavy atom. The summed E-state index contributed by atoms with van der Waals surface area (Å²) in [5.41, 5.74) is 0.841. The molecule has 4 heteroatoms. The summed E-state index contributed by atoms with van der Waals surface area (Å²) >= 11 is 0. The number of nitrogens with zero attached hydrogens (tertiary/aromatic N) is 2. The fraction of sp³-hybridized carbons (Fsp3) is 0.667. The molecular formula is C12H21N3O. The molecule has 2 atom stereocenters. The van der Waals surface area contributed by atoms with Crippen LogP contribution in [0.3, 0.4) is 0 Å². The predicted octanol–water partition coefficient (Wildman–Crippen LogP) is 1.19. The first-order valence-corrected chi connectivity index (χ1v) is 5.80. The van der Waals surface area contributed by atoms with Crippen molar-refractivity contribution in [2.75, 3.05) is 7.05 Å². The van der Waals surface area contributed by atoms with Crippen LogP contribution in [-0.2, 0) is 6.54 Å². The summed E-state index contributed by atoms with van der Waals surface area (Å²) in [5, 5.41) is 7.49. The molecule has 1 aromatic heterocycles. The molecule has 0 aliphatic rings. The van der Waals surface area contributed by atoms with Crippen molar-refractivity contribution in [3.05, 3.63) is 28.2 Å². The molecule has 1 N–H and O–H groups in total. The minimum absolute atomic E-state index is 0.0332. The fourth-order valence-electron chi connectivity index (χ4n) is 1.71. The highest BCUT2D eigenvalue weighted by molar-refractivity contribution is 4.97. The van der Waals surface area contributed by atoms with Gasteiger partial charge in [-0.3, -0.25) is 4.79 Å². The average Bonchev–Trinajstić information content (AvgIpc) is 2.29. The number of nitrogens with one attached hydrogen (secondary N) is 1. The Labute approximate surface area is 96.7 Å². The van der Waals surface area contributed by atoms with E-state index in [1.807, 2.05) is 14.0 Å². The van der Waals surface area contributed by atoms with E-state index in [2.05, 4.69) is 24.3 Å². The van der Waals surface area contributed by atoms with Crippen molar-refractivity contribution in [2.24, 2.45) is 5.92 Å². The van der Waals surface area contributed by atoms with Crippen LogP contribution in [0.25, 0.3) is 0 Å². The highest BCUT2D eigenvalue weighted by atomic mass is 16.1. The van der Waals surface area contributed by atoms with Crippen LogP contribution in [0.1, 0.15) is 26.0 Å². The third-order valence-corrected chi connectivity index (χ3v) is 3.07. The predicted molar refractivity (Wildman–Crippen MR) is 65.5 cm³/mol. The number of rotatable bonds is 5. The Hall–Kier alpha value is -1.16. The van der Waals surface area contributed by atoms with Crippen molar-refractivity contribution in [3.8, 4) is 0 Å². The van der Waals surface area contributed by atoms with Gasteiger partial charge in [-0.1, -0.05) is 20.3 Å². The summed E-state index contributed by atoms with van der Waals surface area (Å²) in [6.45, 7) is 6.86. The third-order valence-electron chi connectivity index (χ3n) is 3.07. The molecule has 90 valence electrons. The lowest BCUT2D eigenvalue weighted by Gasteiger charge is -2.22. The minimum atomic E-state index is -0.0332. The second-order valence-electron chi connectivity index (χ2n) is 4.28. The van der Waals surface area contributed by atoms with Crippen molar-refractivity contribution >= 4 is 0 Å². The lowest BCUT2D eigenvalue weighted by molar-refractivity contribution is 0.329. The van der Waals surface area contributed by atoms with Crippen LogP contribution in [0.2, 0.25) is 0 Å². The first-order valence-electron chi connectivity index (χ1n) is 5.80. The van der Waals surface area contributed by atoms with Gasteiger partial charge in [-0.15, -0.1) is 0 Å². The molecule has 1 aromatic rings. The van der Waals surface area contributed by atoms with Gasteiger partial charge in [0.25, 0.3) is 5.56 Å². The summed E-state index contributed by atoms with van der Waals surface area (Å²) in [5.74, 6) is 0.527. The van der Waals surface area contributed by atoms with Crippen molar-refractivity contribution in [2.45, 2.75) is 39.8 Å². The van der Waals surface area contributed by atoms with Crippen LogP contribution in [0, 0.1) is 12.8 Å². The summed E-state index contributed by atoms with van der Waals surface area (Å²) in [4.78, 5) is 11.6. The molecule has 0 aliphatic carbocycles. The molecule has 0 spiro atoms. The molecule has 0 radical (unpaired) electrons. The first kappa shape index (κ1) is 12.9. The number of aryl methyl sites for hydroxylation is 1. The molecule has 0 aliphatic heterocycles. The van der Waals surface area contributed by atoms with E-state index < -0.39 is 0 Å². The topological polar surface area (TPSA) is 46.9 Å². The fourth-order valence-corrected chi connectivity index (χ4v) is 1.71. The van der Waals surface area contributed by atoms with Gasteiger partial charge in [-0.2, -0.15) is 5.10 Å². The second kappa shape index (κ2) is 5.80. The molecule has 1 heterocycles. The van der Waals surface area contributed by atoms with E-state index in [9.17, 15) is 4.79 Å². The van der Waals surface area contributed by atoms with Gasteiger partial charge in [0.15, 0.2) is 0 Å². The van der Waals surface area contributed by atoms with Gasteiger partial charge in [0.1, 0.15) is 0 Å². The molecule has 0 saturated carbocycles. The minimum Gasteiger partial charge on any atom is -0.315 e. The van der Waals surface area contributed by atoms with E-state index in [1.54, 1.807) is 16.8 Å². The Morgan fingerprint density at radius 3 is 2.75 bits per heavy atom. The Kier molecular flexibility index (Phi) is 4.68. The third kappa shape index (κ3) is 3.17. The van der Waals surface area contributed by atoms with Crippen LogP contribution in [0.4, 0.5) is 0 Å². The van der Waals surface area contributed by atoms with Gasteiger partial charge in [0, 0.05) is 12.1 Å². The number of likely N-dealkylation sites (N-methyl/N-ethyl adjacent to an activating group) is 1. The molecule has 16 heavy (non-hydrogen) atoms. The Bertz CT molecular complexity index is 386. The second-order valence-corrected chi connectivity index (χ2v) is 4.28. The standard InChI is InChI=1S/C12H21N3O/c1-5-9(2)11(13-4)8-15-12(16)7-6-10(3)14-15/h6-7,9,11,13H,5,8H2,1-4H3. The lowest BCUT2D eigenvalue weighted by Crippen LogP contribution is -2.39. The number of aromatic nitrogens is 2. The van der Waals surface area contributed by atoms with Gasteiger partial charge in [-0.25, -0.2) is 4.68 Å². The van der Waals surface area contributed by atoms with Gasteiger partial charge in [0.05, 0.1) is 12.2 Å². The smallest absolute Gasteiger partial charge is 0.266 e. The van der Waals surface area contributed by atoms with Crippen molar-refractivity contribution in [1.29, 1.82) is 0 Å². The van der Waals surface area contributed by atoms with Crippen molar-refractivity contribution in [3.63, 3.8) is 0 Å². The quantitative estimate of drug-likeness (QED) is 0.815. The summed E-state index contributed by atoms with van der Waals surface area (Å²) < 4.78 is 1.54. The molecule has 0 saturated heterocycles. The maximum Gasteiger partial charge on any atom is 0.266 e. The molecular weight excluding hydrogens is 202 g/mol. The molecule has 0 fully saturated rings. The van der Waals surface area contributed by atoms with E-state index in [0.717, 1.165) is 12.1 Å². The van der Waals surface area contributed by atoms with E-state index in [4.69, 9.17) is 0 Å². The zero-order chi connectivity index (χ0) is 12.1. The molecule has 1 rings (SSSR count).